The molecule has 37 heavy (non-hydrogen) atoms. The molecule has 0 saturated carbocycles. The number of aliphatic hydroxyl groups excluding tert-OH is 1. The van der Waals surface area contributed by atoms with Gasteiger partial charge in [-0.3, -0.25) is 4.90 Å². The first-order valence-corrected chi connectivity index (χ1v) is 12.8. The Morgan fingerprint density at radius 1 is 0.811 bits per heavy atom. The van der Waals surface area contributed by atoms with E-state index in [1.807, 2.05) is 103 Å². The van der Waals surface area contributed by atoms with Crippen molar-refractivity contribution in [1.29, 1.82) is 0 Å². The first-order chi connectivity index (χ1) is 18.2. The maximum atomic E-state index is 13.3. The zero-order valence-electron chi connectivity index (χ0n) is 21.0. The van der Waals surface area contributed by atoms with Crippen LogP contribution in [0.25, 0.3) is 0 Å². The second-order valence-corrected chi connectivity index (χ2v) is 9.07. The summed E-state index contributed by atoms with van der Waals surface area (Å²) in [6.07, 6.45) is 4.24. The molecule has 1 N–H and O–H groups in total. The van der Waals surface area contributed by atoms with Crippen LogP contribution in [0.5, 0.6) is 0 Å². The number of aliphatic hydroxyl groups is 1. The molecule has 1 fully saturated rings. The summed E-state index contributed by atoms with van der Waals surface area (Å²) in [5, 5.41) is 9.20. The van der Waals surface area contributed by atoms with Gasteiger partial charge in [-0.05, 0) is 29.5 Å². The number of ether oxygens (including phenoxy) is 3. The van der Waals surface area contributed by atoms with Crippen molar-refractivity contribution >= 4 is 6.09 Å². The average Bonchev–Trinajstić information content (AvgIpc) is 3.30. The van der Waals surface area contributed by atoms with Crippen LogP contribution in [0.4, 0.5) is 4.79 Å². The van der Waals surface area contributed by atoms with Gasteiger partial charge in [-0.15, -0.1) is 0 Å². The van der Waals surface area contributed by atoms with E-state index in [-0.39, 0.29) is 31.5 Å². The fourth-order valence-corrected chi connectivity index (χ4v) is 4.37. The molecule has 0 unspecified atom stereocenters. The molecule has 3 aromatic rings. The minimum Gasteiger partial charge on any atom is -0.445 e. The van der Waals surface area contributed by atoms with Crippen molar-refractivity contribution in [1.82, 2.24) is 4.90 Å². The summed E-state index contributed by atoms with van der Waals surface area (Å²) in [6, 6.07) is 29.2. The molecule has 0 aromatic heterocycles. The zero-order valence-corrected chi connectivity index (χ0v) is 21.0. The van der Waals surface area contributed by atoms with Gasteiger partial charge in [0.1, 0.15) is 18.8 Å². The third-order valence-electron chi connectivity index (χ3n) is 6.33. The maximum absolute atomic E-state index is 13.3. The number of carbonyl (C=O) groups is 1. The SMILES string of the molecule is O=C(OCc1ccccc1)N1C[C@@H](OCc2ccccc2)[C@H](OCc2ccccc2)[C@H]1/C=C/CCCO. The fraction of sp³-hybridized carbons (Fsp3) is 0.323. The highest BCUT2D eigenvalue weighted by Gasteiger charge is 2.45. The van der Waals surface area contributed by atoms with Crippen LogP contribution < -0.4 is 0 Å². The standard InChI is InChI=1S/C31H35NO5/c33-20-12-4-11-19-28-30(36-23-26-15-7-2-8-16-26)29(35-22-25-13-5-1-6-14-25)21-32(28)31(34)37-24-27-17-9-3-10-18-27/h1-3,5-11,13-19,28-30,33H,4,12,20-24H2/b19-11+/t28-,29-,30-/m1/s1. The van der Waals surface area contributed by atoms with Crippen LogP contribution in [0.2, 0.25) is 0 Å². The van der Waals surface area contributed by atoms with Gasteiger partial charge >= 0.3 is 6.09 Å². The third kappa shape index (κ3) is 8.02. The molecule has 3 aromatic carbocycles. The third-order valence-corrected chi connectivity index (χ3v) is 6.33. The Kier molecular flexibility index (Phi) is 10.3. The summed E-state index contributed by atoms with van der Waals surface area (Å²) < 4.78 is 18.5. The predicted molar refractivity (Wildman–Crippen MR) is 143 cm³/mol. The van der Waals surface area contributed by atoms with Gasteiger partial charge in [-0.25, -0.2) is 4.79 Å². The van der Waals surface area contributed by atoms with Crippen LogP contribution in [-0.4, -0.2) is 47.5 Å². The molecule has 0 bridgehead atoms. The number of allylic oxidation sites excluding steroid dienone is 1. The number of amides is 1. The van der Waals surface area contributed by atoms with Gasteiger partial charge in [-0.1, -0.05) is 103 Å². The molecule has 1 saturated heterocycles. The van der Waals surface area contributed by atoms with Crippen LogP contribution in [0.1, 0.15) is 29.5 Å². The van der Waals surface area contributed by atoms with Crippen LogP contribution in [0.15, 0.2) is 103 Å². The first-order valence-electron chi connectivity index (χ1n) is 12.8. The van der Waals surface area contributed by atoms with Crippen molar-refractivity contribution in [2.24, 2.45) is 0 Å². The van der Waals surface area contributed by atoms with E-state index in [0.717, 1.165) is 16.7 Å². The minimum atomic E-state index is -0.403. The smallest absolute Gasteiger partial charge is 0.410 e. The zero-order chi connectivity index (χ0) is 25.7. The first kappa shape index (κ1) is 26.6. The Labute approximate surface area is 219 Å². The summed E-state index contributed by atoms with van der Waals surface area (Å²) in [7, 11) is 0. The lowest BCUT2D eigenvalue weighted by molar-refractivity contribution is -0.0659. The van der Waals surface area contributed by atoms with Crippen molar-refractivity contribution < 1.29 is 24.1 Å². The van der Waals surface area contributed by atoms with E-state index in [1.54, 1.807) is 4.90 Å². The Balaban J connectivity index is 1.52. The summed E-state index contributed by atoms with van der Waals surface area (Å²) in [6.45, 7) is 1.50. The Bertz CT molecular complexity index is 1090. The molecule has 0 aliphatic carbocycles. The molecule has 4 rings (SSSR count). The number of hydrogen-bond acceptors (Lipinski definition) is 5. The molecule has 1 aliphatic rings. The fourth-order valence-electron chi connectivity index (χ4n) is 4.37. The number of unbranched alkanes of at least 4 members (excludes halogenated alkanes) is 1. The number of hydrogen-bond donors (Lipinski definition) is 1. The maximum Gasteiger partial charge on any atom is 0.410 e. The van der Waals surface area contributed by atoms with Crippen LogP contribution >= 0.6 is 0 Å². The number of likely N-dealkylation sites (tertiary alicyclic amines) is 1. The van der Waals surface area contributed by atoms with Gasteiger partial charge in [0.15, 0.2) is 0 Å². The molecular formula is C31H35NO5. The second-order valence-electron chi connectivity index (χ2n) is 9.07. The van der Waals surface area contributed by atoms with Crippen molar-refractivity contribution in [2.45, 2.75) is 50.9 Å². The Hall–Kier alpha value is -3.45. The predicted octanol–water partition coefficient (Wildman–Crippen LogP) is 5.51. The van der Waals surface area contributed by atoms with Gasteiger partial charge in [0.25, 0.3) is 0 Å². The normalized spacial score (nSPS) is 19.4. The average molecular weight is 502 g/mol. The van der Waals surface area contributed by atoms with Gasteiger partial charge in [0, 0.05) is 6.61 Å². The molecular weight excluding hydrogens is 466 g/mol. The number of rotatable bonds is 12. The van der Waals surface area contributed by atoms with E-state index in [1.165, 1.54) is 0 Å². The summed E-state index contributed by atoms with van der Waals surface area (Å²) in [5.41, 5.74) is 3.04. The number of carbonyl (C=O) groups excluding carboxylic acids is 1. The van der Waals surface area contributed by atoms with Gasteiger partial charge in [0.05, 0.1) is 25.8 Å². The van der Waals surface area contributed by atoms with E-state index in [2.05, 4.69) is 0 Å². The highest BCUT2D eigenvalue weighted by atomic mass is 16.6. The van der Waals surface area contributed by atoms with E-state index in [4.69, 9.17) is 14.2 Å². The molecule has 194 valence electrons. The van der Waals surface area contributed by atoms with Crippen LogP contribution in [0, 0.1) is 0 Å². The van der Waals surface area contributed by atoms with Crippen LogP contribution in [0.3, 0.4) is 0 Å². The summed E-state index contributed by atoms with van der Waals surface area (Å²) >= 11 is 0. The number of nitrogens with zero attached hydrogens (tertiary/aromatic N) is 1. The lowest BCUT2D eigenvalue weighted by Gasteiger charge is -2.26. The Morgan fingerprint density at radius 2 is 1.35 bits per heavy atom. The Morgan fingerprint density at radius 3 is 1.92 bits per heavy atom. The monoisotopic (exact) mass is 501 g/mol. The van der Waals surface area contributed by atoms with Gasteiger partial charge < -0.3 is 19.3 Å². The van der Waals surface area contributed by atoms with Crippen molar-refractivity contribution in [3.05, 3.63) is 120 Å². The quantitative estimate of drug-likeness (QED) is 0.262. The molecule has 1 amide bonds. The van der Waals surface area contributed by atoms with E-state index in [9.17, 15) is 9.90 Å². The molecule has 6 heteroatoms. The molecule has 1 heterocycles. The molecule has 1 aliphatic heterocycles. The van der Waals surface area contributed by atoms with Gasteiger partial charge in [-0.2, -0.15) is 0 Å². The number of benzene rings is 3. The summed E-state index contributed by atoms with van der Waals surface area (Å²) in [5.74, 6) is 0. The van der Waals surface area contributed by atoms with Crippen LogP contribution in [-0.2, 0) is 34.0 Å². The second kappa shape index (κ2) is 14.3. The minimum absolute atomic E-state index is 0.120. The molecule has 0 spiro atoms. The molecule has 0 radical (unpaired) electrons. The van der Waals surface area contributed by atoms with E-state index in [0.29, 0.717) is 32.6 Å². The van der Waals surface area contributed by atoms with Crippen molar-refractivity contribution in [2.75, 3.05) is 13.2 Å². The summed E-state index contributed by atoms with van der Waals surface area (Å²) in [4.78, 5) is 15.0. The molecule has 6 nitrogen and oxygen atoms in total. The largest absolute Gasteiger partial charge is 0.445 e. The molecule has 3 atom stereocenters. The highest BCUT2D eigenvalue weighted by Crippen LogP contribution is 2.28. The van der Waals surface area contributed by atoms with E-state index < -0.39 is 6.09 Å². The topological polar surface area (TPSA) is 68.2 Å². The highest BCUT2D eigenvalue weighted by molar-refractivity contribution is 5.69. The lowest BCUT2D eigenvalue weighted by Crippen LogP contribution is -2.40. The van der Waals surface area contributed by atoms with Gasteiger partial charge in [0.2, 0.25) is 0 Å². The van der Waals surface area contributed by atoms with Crippen molar-refractivity contribution in [3.63, 3.8) is 0 Å². The lowest BCUT2D eigenvalue weighted by atomic mass is 10.1. The van der Waals surface area contributed by atoms with Crippen molar-refractivity contribution in [3.8, 4) is 0 Å². The van der Waals surface area contributed by atoms with E-state index >= 15 is 0 Å².